The molecule has 0 bridgehead atoms. The van der Waals surface area contributed by atoms with Gasteiger partial charge >= 0.3 is 0 Å². The van der Waals surface area contributed by atoms with E-state index in [0.717, 1.165) is 24.0 Å². The van der Waals surface area contributed by atoms with E-state index in [9.17, 15) is 0 Å². The van der Waals surface area contributed by atoms with Crippen molar-refractivity contribution in [2.75, 3.05) is 19.8 Å². The molecule has 1 aromatic carbocycles. The number of hydrogen-bond acceptors (Lipinski definition) is 3. The summed E-state index contributed by atoms with van der Waals surface area (Å²) in [6, 6.07) is 6.62. The Hall–Kier alpha value is -1.22. The van der Waals surface area contributed by atoms with Gasteiger partial charge in [-0.05, 0) is 43.5 Å². The molecule has 1 aromatic rings. The van der Waals surface area contributed by atoms with Crippen molar-refractivity contribution in [1.82, 2.24) is 5.32 Å². The molecule has 0 spiro atoms. The van der Waals surface area contributed by atoms with Gasteiger partial charge in [-0.1, -0.05) is 39.2 Å². The van der Waals surface area contributed by atoms with Crippen LogP contribution in [0.2, 0.25) is 0 Å². The normalized spacial score (nSPS) is 16.5. The van der Waals surface area contributed by atoms with Crippen molar-refractivity contribution in [3.05, 3.63) is 23.8 Å². The highest BCUT2D eigenvalue weighted by atomic mass is 16.6. The summed E-state index contributed by atoms with van der Waals surface area (Å²) in [4.78, 5) is 0. The molecule has 3 nitrogen and oxygen atoms in total. The van der Waals surface area contributed by atoms with Gasteiger partial charge in [-0.15, -0.1) is 0 Å². The molecule has 2 atom stereocenters. The van der Waals surface area contributed by atoms with Crippen molar-refractivity contribution in [2.24, 2.45) is 5.92 Å². The zero-order chi connectivity index (χ0) is 15.1. The molecule has 1 aliphatic rings. The van der Waals surface area contributed by atoms with E-state index in [1.807, 2.05) is 6.07 Å². The minimum Gasteiger partial charge on any atom is -0.486 e. The maximum absolute atomic E-state index is 5.66. The fourth-order valence-electron chi connectivity index (χ4n) is 2.73. The first-order valence-electron chi connectivity index (χ1n) is 8.37. The van der Waals surface area contributed by atoms with Crippen LogP contribution in [0.5, 0.6) is 11.5 Å². The maximum Gasteiger partial charge on any atom is 0.161 e. The number of fused-ring (bicyclic) bond motifs is 1. The first kappa shape index (κ1) is 16.2. The van der Waals surface area contributed by atoms with E-state index in [4.69, 9.17) is 9.47 Å². The van der Waals surface area contributed by atoms with Crippen molar-refractivity contribution < 1.29 is 9.47 Å². The van der Waals surface area contributed by atoms with E-state index in [-0.39, 0.29) is 0 Å². The summed E-state index contributed by atoms with van der Waals surface area (Å²) in [5.41, 5.74) is 1.27. The fraction of sp³-hybridized carbons (Fsp3) is 0.667. The van der Waals surface area contributed by atoms with Gasteiger partial charge < -0.3 is 14.8 Å². The van der Waals surface area contributed by atoms with Crippen LogP contribution >= 0.6 is 0 Å². The van der Waals surface area contributed by atoms with Crippen LogP contribution in [0, 0.1) is 5.92 Å². The predicted octanol–water partition coefficient (Wildman–Crippen LogP) is 4.32. The summed E-state index contributed by atoms with van der Waals surface area (Å²) in [5.74, 6) is 2.53. The Morgan fingerprint density at radius 2 is 1.90 bits per heavy atom. The third-order valence-corrected chi connectivity index (χ3v) is 4.32. The Bertz CT molecular complexity index is 433. The first-order chi connectivity index (χ1) is 10.2. The fourth-order valence-corrected chi connectivity index (χ4v) is 2.73. The van der Waals surface area contributed by atoms with Crippen LogP contribution in [-0.2, 0) is 0 Å². The summed E-state index contributed by atoms with van der Waals surface area (Å²) in [6.07, 6.45) is 5.20. The molecule has 1 N–H and O–H groups in total. The average molecular weight is 291 g/mol. The number of benzene rings is 1. The molecule has 0 amide bonds. The van der Waals surface area contributed by atoms with Gasteiger partial charge in [-0.25, -0.2) is 0 Å². The van der Waals surface area contributed by atoms with Crippen molar-refractivity contribution in [2.45, 2.75) is 52.5 Å². The highest BCUT2D eigenvalue weighted by molar-refractivity contribution is 5.44. The third-order valence-electron chi connectivity index (χ3n) is 4.32. The van der Waals surface area contributed by atoms with E-state index in [0.29, 0.717) is 19.3 Å². The zero-order valence-corrected chi connectivity index (χ0v) is 13.7. The van der Waals surface area contributed by atoms with E-state index in [2.05, 4.69) is 38.2 Å². The summed E-state index contributed by atoms with van der Waals surface area (Å²) < 4.78 is 11.2. The molecule has 2 rings (SSSR count). The molecular weight excluding hydrogens is 262 g/mol. The molecule has 21 heavy (non-hydrogen) atoms. The van der Waals surface area contributed by atoms with Crippen LogP contribution in [0.25, 0.3) is 0 Å². The number of unbranched alkanes of at least 4 members (excludes halogenated alkanes) is 1. The highest BCUT2D eigenvalue weighted by Gasteiger charge is 2.15. The highest BCUT2D eigenvalue weighted by Crippen LogP contribution is 2.32. The molecular formula is C18H29NO2. The van der Waals surface area contributed by atoms with Gasteiger partial charge in [-0.2, -0.15) is 0 Å². The second-order valence-corrected chi connectivity index (χ2v) is 5.95. The predicted molar refractivity (Wildman–Crippen MR) is 87.2 cm³/mol. The maximum atomic E-state index is 5.66. The monoisotopic (exact) mass is 291 g/mol. The quantitative estimate of drug-likeness (QED) is 0.773. The molecule has 0 saturated heterocycles. The Morgan fingerprint density at radius 3 is 2.62 bits per heavy atom. The van der Waals surface area contributed by atoms with Crippen molar-refractivity contribution in [1.29, 1.82) is 0 Å². The molecule has 0 aliphatic carbocycles. The Kier molecular flexibility index (Phi) is 6.37. The largest absolute Gasteiger partial charge is 0.486 e. The lowest BCUT2D eigenvalue weighted by Gasteiger charge is -2.22. The van der Waals surface area contributed by atoms with Crippen LogP contribution in [-0.4, -0.2) is 19.8 Å². The average Bonchev–Trinajstić information content (AvgIpc) is 2.54. The van der Waals surface area contributed by atoms with Gasteiger partial charge in [0.1, 0.15) is 13.2 Å². The lowest BCUT2D eigenvalue weighted by atomic mass is 9.98. The van der Waals surface area contributed by atoms with Crippen LogP contribution in [0.15, 0.2) is 18.2 Å². The summed E-state index contributed by atoms with van der Waals surface area (Å²) >= 11 is 0. The standard InChI is InChI=1S/C18H29NO2/c1-4-6-7-15(5-2)13-19-14(3)16-8-9-17-18(12-16)21-11-10-20-17/h8-9,12,14-15,19H,4-7,10-11,13H2,1-3H3. The Balaban J connectivity index is 1.89. The molecule has 0 saturated carbocycles. The summed E-state index contributed by atoms with van der Waals surface area (Å²) in [6.45, 7) is 9.15. The van der Waals surface area contributed by atoms with Gasteiger partial charge in [0.05, 0.1) is 0 Å². The number of hydrogen-bond donors (Lipinski definition) is 1. The minimum atomic E-state index is 0.344. The molecule has 0 aromatic heterocycles. The molecule has 3 heteroatoms. The van der Waals surface area contributed by atoms with E-state index >= 15 is 0 Å². The SMILES string of the molecule is CCCCC(CC)CNC(C)c1ccc2c(c1)OCCO2. The van der Waals surface area contributed by atoms with Gasteiger partial charge in [0, 0.05) is 6.04 Å². The molecule has 0 radical (unpaired) electrons. The van der Waals surface area contributed by atoms with Crippen LogP contribution < -0.4 is 14.8 Å². The summed E-state index contributed by atoms with van der Waals surface area (Å²) in [5, 5.41) is 3.67. The van der Waals surface area contributed by atoms with Crippen molar-refractivity contribution >= 4 is 0 Å². The molecule has 0 fully saturated rings. The number of nitrogens with one attached hydrogen (secondary N) is 1. The lowest BCUT2D eigenvalue weighted by Crippen LogP contribution is -2.26. The van der Waals surface area contributed by atoms with E-state index in [1.54, 1.807) is 0 Å². The van der Waals surface area contributed by atoms with E-state index in [1.165, 1.54) is 31.2 Å². The first-order valence-corrected chi connectivity index (χ1v) is 8.37. The third kappa shape index (κ3) is 4.63. The van der Waals surface area contributed by atoms with E-state index < -0.39 is 0 Å². The molecule has 1 heterocycles. The number of ether oxygens (including phenoxy) is 2. The van der Waals surface area contributed by atoms with Crippen LogP contribution in [0.4, 0.5) is 0 Å². The zero-order valence-electron chi connectivity index (χ0n) is 13.7. The van der Waals surface area contributed by atoms with Crippen LogP contribution in [0.1, 0.15) is 58.1 Å². The van der Waals surface area contributed by atoms with Gasteiger partial charge in [0.25, 0.3) is 0 Å². The summed E-state index contributed by atoms with van der Waals surface area (Å²) in [7, 11) is 0. The van der Waals surface area contributed by atoms with Crippen molar-refractivity contribution in [3.63, 3.8) is 0 Å². The number of rotatable bonds is 8. The smallest absolute Gasteiger partial charge is 0.161 e. The topological polar surface area (TPSA) is 30.5 Å². The van der Waals surface area contributed by atoms with Gasteiger partial charge in [0.2, 0.25) is 0 Å². The molecule has 2 unspecified atom stereocenters. The molecule has 1 aliphatic heterocycles. The van der Waals surface area contributed by atoms with Gasteiger partial charge in [0.15, 0.2) is 11.5 Å². The molecule has 118 valence electrons. The second kappa shape index (κ2) is 8.28. The Labute approximate surface area is 129 Å². The van der Waals surface area contributed by atoms with Crippen LogP contribution in [0.3, 0.4) is 0 Å². The minimum absolute atomic E-state index is 0.344. The lowest BCUT2D eigenvalue weighted by molar-refractivity contribution is 0.171. The van der Waals surface area contributed by atoms with Crippen molar-refractivity contribution in [3.8, 4) is 11.5 Å². The second-order valence-electron chi connectivity index (χ2n) is 5.95. The van der Waals surface area contributed by atoms with Gasteiger partial charge in [-0.3, -0.25) is 0 Å². The Morgan fingerprint density at radius 1 is 1.14 bits per heavy atom.